The molecule has 10 heteroatoms. The van der Waals surface area contributed by atoms with Gasteiger partial charge in [0.25, 0.3) is 0 Å². The van der Waals surface area contributed by atoms with Crippen molar-refractivity contribution in [2.45, 2.75) is 127 Å². The molecule has 3 heterocycles. The number of ether oxygens (including phenoxy) is 5. The Morgan fingerprint density at radius 1 is 0.757 bits per heavy atom. The molecule has 37 heavy (non-hydrogen) atoms. The van der Waals surface area contributed by atoms with Crippen molar-refractivity contribution in [3.05, 3.63) is 0 Å². The van der Waals surface area contributed by atoms with Crippen LogP contribution in [-0.2, 0) is 33.3 Å². The first-order valence-corrected chi connectivity index (χ1v) is 14.1. The van der Waals surface area contributed by atoms with E-state index in [1.54, 1.807) is 9.80 Å². The monoisotopic (exact) mass is 524 g/mol. The summed E-state index contributed by atoms with van der Waals surface area (Å²) in [6.07, 6.45) is 4.03. The maximum Gasteiger partial charge on any atom is 0.232 e. The minimum atomic E-state index is -0.832. The summed E-state index contributed by atoms with van der Waals surface area (Å²) >= 11 is 0. The van der Waals surface area contributed by atoms with E-state index in [9.17, 15) is 14.7 Å². The summed E-state index contributed by atoms with van der Waals surface area (Å²) in [5.41, 5.74) is 0. The van der Waals surface area contributed by atoms with Crippen LogP contribution in [0.5, 0.6) is 0 Å². The van der Waals surface area contributed by atoms with Gasteiger partial charge in [-0.3, -0.25) is 9.59 Å². The number of rotatable bonds is 6. The van der Waals surface area contributed by atoms with Gasteiger partial charge in [-0.1, -0.05) is 6.92 Å². The molecular weight excluding hydrogens is 480 g/mol. The average molecular weight is 525 g/mol. The third-order valence-electron chi connectivity index (χ3n) is 9.32. The van der Waals surface area contributed by atoms with Gasteiger partial charge in [0.15, 0.2) is 18.9 Å². The molecule has 5 aliphatic rings. The molecule has 1 N–H and O–H groups in total. The largest absolute Gasteiger partial charge is 0.387 e. The lowest BCUT2D eigenvalue weighted by Crippen LogP contribution is -2.45. The summed E-state index contributed by atoms with van der Waals surface area (Å²) in [5, 5.41) is 10.8. The van der Waals surface area contributed by atoms with Crippen molar-refractivity contribution in [2.24, 2.45) is 11.8 Å². The second kappa shape index (κ2) is 11.4. The van der Waals surface area contributed by atoms with Crippen LogP contribution in [-0.4, -0.2) is 103 Å². The number of carbonyl (C=O) groups excluding carboxylic acids is 2. The number of aliphatic hydroxyl groups is 1. The van der Waals surface area contributed by atoms with Crippen molar-refractivity contribution in [3.63, 3.8) is 0 Å². The van der Waals surface area contributed by atoms with Crippen molar-refractivity contribution in [3.8, 4) is 0 Å². The van der Waals surface area contributed by atoms with E-state index in [1.165, 1.54) is 0 Å². The van der Waals surface area contributed by atoms with Gasteiger partial charge >= 0.3 is 0 Å². The Hall–Kier alpha value is -1.30. The Bertz CT molecular complexity index is 812. The minimum absolute atomic E-state index is 0.0674. The molecule has 0 radical (unpaired) electrons. The van der Waals surface area contributed by atoms with Crippen molar-refractivity contribution < 1.29 is 38.4 Å². The molecule has 0 aromatic heterocycles. The van der Waals surface area contributed by atoms with E-state index in [1.807, 2.05) is 21.0 Å². The lowest BCUT2D eigenvalue weighted by atomic mass is 9.85. The van der Waals surface area contributed by atoms with Gasteiger partial charge in [-0.2, -0.15) is 0 Å². The average Bonchev–Trinajstić information content (AvgIpc) is 3.59. The Morgan fingerprint density at radius 2 is 1.32 bits per heavy atom. The molecule has 0 spiro atoms. The predicted octanol–water partition coefficient (Wildman–Crippen LogP) is 2.02. The maximum atomic E-state index is 12.9. The maximum absolute atomic E-state index is 12.9. The second-order valence-corrected chi connectivity index (χ2v) is 11.8. The molecule has 2 amide bonds. The molecule has 2 saturated carbocycles. The minimum Gasteiger partial charge on any atom is -0.387 e. The standard InChI is InChI=1S/C27H44N2O8/c1-15-5-9-18(10-6-15)28(3)21(30)13-22(31)29(4)19-11-7-17(8-12-19)26-36-25-23(32)24(35-27(25)37-26)20-14-33-16(2)34-20/h15-20,23-27,32H,5-14H2,1-4H3. The van der Waals surface area contributed by atoms with Crippen molar-refractivity contribution in [1.82, 2.24) is 9.80 Å². The van der Waals surface area contributed by atoms with Gasteiger partial charge in [0.1, 0.15) is 30.8 Å². The predicted molar refractivity (Wildman–Crippen MR) is 132 cm³/mol. The molecule has 3 saturated heterocycles. The van der Waals surface area contributed by atoms with Crippen molar-refractivity contribution in [1.29, 1.82) is 0 Å². The number of amides is 2. The van der Waals surface area contributed by atoms with Crippen molar-refractivity contribution >= 4 is 11.8 Å². The number of hydrogen-bond acceptors (Lipinski definition) is 8. The van der Waals surface area contributed by atoms with Crippen LogP contribution in [0.4, 0.5) is 0 Å². The van der Waals surface area contributed by atoms with E-state index >= 15 is 0 Å². The number of fused-ring (bicyclic) bond motifs is 1. The molecule has 3 aliphatic heterocycles. The molecule has 7 unspecified atom stereocenters. The lowest BCUT2D eigenvalue weighted by molar-refractivity contribution is -0.206. The smallest absolute Gasteiger partial charge is 0.232 e. The van der Waals surface area contributed by atoms with Gasteiger partial charge in [0.05, 0.1) is 6.61 Å². The third kappa shape index (κ3) is 5.84. The van der Waals surface area contributed by atoms with E-state index < -0.39 is 30.9 Å². The van der Waals surface area contributed by atoms with Gasteiger partial charge in [-0.15, -0.1) is 0 Å². The van der Waals surface area contributed by atoms with E-state index in [0.29, 0.717) is 6.61 Å². The lowest BCUT2D eigenvalue weighted by Gasteiger charge is -2.37. The number of aliphatic hydroxyl groups excluding tert-OH is 1. The molecule has 5 fully saturated rings. The summed E-state index contributed by atoms with van der Waals surface area (Å²) < 4.78 is 29.2. The van der Waals surface area contributed by atoms with Gasteiger partial charge in [0, 0.05) is 32.1 Å². The zero-order valence-corrected chi connectivity index (χ0v) is 22.6. The van der Waals surface area contributed by atoms with Crippen LogP contribution in [0.3, 0.4) is 0 Å². The normalized spacial score (nSPS) is 44.0. The molecule has 10 nitrogen and oxygen atoms in total. The van der Waals surface area contributed by atoms with Gasteiger partial charge in [0.2, 0.25) is 11.8 Å². The van der Waals surface area contributed by atoms with E-state index in [-0.39, 0.29) is 48.6 Å². The summed E-state index contributed by atoms with van der Waals surface area (Å²) in [7, 11) is 3.66. The second-order valence-electron chi connectivity index (χ2n) is 11.8. The summed E-state index contributed by atoms with van der Waals surface area (Å²) in [5.74, 6) is 0.710. The number of carbonyl (C=O) groups is 2. The van der Waals surface area contributed by atoms with Crippen LogP contribution in [0.25, 0.3) is 0 Å². The molecule has 210 valence electrons. The molecule has 0 bridgehead atoms. The van der Waals surface area contributed by atoms with Crippen LogP contribution >= 0.6 is 0 Å². The van der Waals surface area contributed by atoms with Crippen LogP contribution in [0.15, 0.2) is 0 Å². The Labute approximate surface area is 219 Å². The zero-order valence-electron chi connectivity index (χ0n) is 22.6. The third-order valence-corrected chi connectivity index (χ3v) is 9.32. The first kappa shape index (κ1) is 27.3. The first-order chi connectivity index (χ1) is 17.7. The molecule has 5 rings (SSSR count). The molecule has 0 aromatic rings. The highest BCUT2D eigenvalue weighted by molar-refractivity contribution is 5.97. The summed E-state index contributed by atoms with van der Waals surface area (Å²) in [6.45, 7) is 4.46. The topological polar surface area (TPSA) is 107 Å². The fourth-order valence-electron chi connectivity index (χ4n) is 6.67. The molecular formula is C27H44N2O8. The van der Waals surface area contributed by atoms with Gasteiger partial charge in [-0.05, 0) is 64.2 Å². The Morgan fingerprint density at radius 3 is 1.86 bits per heavy atom. The first-order valence-electron chi connectivity index (χ1n) is 14.1. The molecule has 2 aliphatic carbocycles. The van der Waals surface area contributed by atoms with Crippen molar-refractivity contribution in [2.75, 3.05) is 20.7 Å². The zero-order chi connectivity index (χ0) is 26.3. The van der Waals surface area contributed by atoms with Crippen LogP contribution in [0.2, 0.25) is 0 Å². The van der Waals surface area contributed by atoms with Gasteiger partial charge in [-0.25, -0.2) is 0 Å². The number of hydrogen-bond donors (Lipinski definition) is 1. The SMILES string of the molecule is CC1CCC(N(C)C(=O)CC(=O)N(C)C2CCC(C3OC4OC(C5COC(C)O5)C(O)C4O3)CC2)CC1. The van der Waals surface area contributed by atoms with Crippen LogP contribution in [0.1, 0.15) is 71.6 Å². The fourth-order valence-corrected chi connectivity index (χ4v) is 6.67. The van der Waals surface area contributed by atoms with Crippen LogP contribution < -0.4 is 0 Å². The summed E-state index contributed by atoms with van der Waals surface area (Å²) in [4.78, 5) is 29.3. The Kier molecular flexibility index (Phi) is 8.43. The van der Waals surface area contributed by atoms with E-state index in [4.69, 9.17) is 23.7 Å². The molecule has 7 atom stereocenters. The Balaban J connectivity index is 1.05. The highest BCUT2D eigenvalue weighted by Gasteiger charge is 2.56. The fraction of sp³-hybridized carbons (Fsp3) is 0.926. The highest BCUT2D eigenvalue weighted by atomic mass is 16.8. The van der Waals surface area contributed by atoms with Crippen LogP contribution in [0, 0.1) is 11.8 Å². The van der Waals surface area contributed by atoms with Gasteiger partial charge < -0.3 is 38.6 Å². The number of nitrogens with zero attached hydrogens (tertiary/aromatic N) is 2. The van der Waals surface area contributed by atoms with E-state index in [2.05, 4.69) is 6.92 Å². The quantitative estimate of drug-likeness (QED) is 0.526. The molecule has 0 aromatic carbocycles. The summed E-state index contributed by atoms with van der Waals surface area (Å²) in [6, 6.07) is 0.356. The van der Waals surface area contributed by atoms with E-state index in [0.717, 1.165) is 57.3 Å². The highest BCUT2D eigenvalue weighted by Crippen LogP contribution is 2.41.